The summed E-state index contributed by atoms with van der Waals surface area (Å²) in [4.78, 5) is 4.13. The first-order valence-electron chi connectivity index (χ1n) is 4.86. The molecule has 6 heteroatoms. The molecule has 0 radical (unpaired) electrons. The van der Waals surface area contributed by atoms with Crippen molar-refractivity contribution in [2.24, 2.45) is 0 Å². The highest BCUT2D eigenvalue weighted by Crippen LogP contribution is 2.33. The number of hydrogen-bond acceptors (Lipinski definition) is 4. The molecule has 2 aromatic rings. The number of methoxy groups -OCH3 is 1. The van der Waals surface area contributed by atoms with Gasteiger partial charge in [-0.25, -0.2) is 4.98 Å². The van der Waals surface area contributed by atoms with E-state index in [1.807, 2.05) is 17.5 Å². The molecular weight excluding hydrogens is 279 g/mol. The zero-order chi connectivity index (χ0) is 12.3. The molecule has 0 aliphatic rings. The van der Waals surface area contributed by atoms with Gasteiger partial charge in [0, 0.05) is 18.1 Å². The van der Waals surface area contributed by atoms with Gasteiger partial charge >= 0.3 is 0 Å². The molecule has 0 atom stereocenters. The minimum absolute atomic E-state index is 0.506. The second-order valence-electron chi connectivity index (χ2n) is 3.28. The van der Waals surface area contributed by atoms with Crippen molar-refractivity contribution >= 4 is 39.7 Å². The van der Waals surface area contributed by atoms with E-state index in [1.54, 1.807) is 24.6 Å². The lowest BCUT2D eigenvalue weighted by molar-refractivity contribution is 0.415. The maximum Gasteiger partial charge on any atom is 0.182 e. The van der Waals surface area contributed by atoms with Crippen LogP contribution in [0, 0.1) is 0 Å². The van der Waals surface area contributed by atoms with Gasteiger partial charge in [-0.2, -0.15) is 0 Å². The van der Waals surface area contributed by atoms with Gasteiger partial charge in [0.1, 0.15) is 0 Å². The number of nitrogens with zero attached hydrogens (tertiary/aromatic N) is 1. The van der Waals surface area contributed by atoms with Crippen molar-refractivity contribution in [3.8, 4) is 5.75 Å². The fourth-order valence-electron chi connectivity index (χ4n) is 1.40. The Kier molecular flexibility index (Phi) is 4.10. The summed E-state index contributed by atoms with van der Waals surface area (Å²) < 4.78 is 5.09. The minimum atomic E-state index is 0.506. The second-order valence-corrected chi connectivity index (χ2v) is 4.99. The average Bonchev–Trinajstić information content (AvgIpc) is 2.79. The predicted octanol–water partition coefficient (Wildman–Crippen LogP) is 4.07. The lowest BCUT2D eigenvalue weighted by Gasteiger charge is -2.09. The molecule has 1 aromatic carbocycles. The number of rotatable bonds is 4. The van der Waals surface area contributed by atoms with Crippen LogP contribution in [0.5, 0.6) is 5.75 Å². The smallest absolute Gasteiger partial charge is 0.182 e. The molecule has 17 heavy (non-hydrogen) atoms. The van der Waals surface area contributed by atoms with E-state index >= 15 is 0 Å². The van der Waals surface area contributed by atoms with Crippen LogP contribution >= 0.6 is 34.5 Å². The van der Waals surface area contributed by atoms with Crippen LogP contribution in [0.2, 0.25) is 10.0 Å². The predicted molar refractivity (Wildman–Crippen MR) is 72.5 cm³/mol. The molecule has 0 saturated carbocycles. The van der Waals surface area contributed by atoms with Gasteiger partial charge in [0.2, 0.25) is 0 Å². The Morgan fingerprint density at radius 1 is 1.35 bits per heavy atom. The summed E-state index contributed by atoms with van der Waals surface area (Å²) in [7, 11) is 1.54. The molecule has 1 heterocycles. The number of benzene rings is 1. The molecule has 1 N–H and O–H groups in total. The fraction of sp³-hybridized carbons (Fsp3) is 0.182. The van der Waals surface area contributed by atoms with Gasteiger partial charge in [-0.05, 0) is 17.7 Å². The van der Waals surface area contributed by atoms with Crippen molar-refractivity contribution in [2.45, 2.75) is 6.54 Å². The zero-order valence-corrected chi connectivity index (χ0v) is 11.4. The van der Waals surface area contributed by atoms with Crippen LogP contribution in [-0.4, -0.2) is 12.1 Å². The van der Waals surface area contributed by atoms with Crippen molar-refractivity contribution in [1.82, 2.24) is 4.98 Å². The molecule has 0 bridgehead atoms. The molecular formula is C11H10Cl2N2OS. The zero-order valence-electron chi connectivity index (χ0n) is 9.04. The van der Waals surface area contributed by atoms with E-state index in [9.17, 15) is 0 Å². The number of nitrogens with one attached hydrogen (secondary N) is 1. The largest absolute Gasteiger partial charge is 0.494 e. The Bertz CT molecular complexity index is 479. The van der Waals surface area contributed by atoms with Crippen LogP contribution in [0.1, 0.15) is 5.56 Å². The van der Waals surface area contributed by atoms with Crippen molar-refractivity contribution in [3.05, 3.63) is 39.3 Å². The SMILES string of the molecule is COc1c(Cl)cc(CNc2nccs2)cc1Cl. The molecule has 0 aliphatic heterocycles. The Morgan fingerprint density at radius 2 is 2.06 bits per heavy atom. The summed E-state index contributed by atoms with van der Waals surface area (Å²) in [5.74, 6) is 0.506. The highest BCUT2D eigenvalue weighted by molar-refractivity contribution is 7.13. The van der Waals surface area contributed by atoms with Crippen molar-refractivity contribution in [3.63, 3.8) is 0 Å². The van der Waals surface area contributed by atoms with Crippen molar-refractivity contribution in [2.75, 3.05) is 12.4 Å². The summed E-state index contributed by atoms with van der Waals surface area (Å²) in [6, 6.07) is 3.65. The maximum absolute atomic E-state index is 6.05. The molecule has 0 spiro atoms. The molecule has 0 aliphatic carbocycles. The Hall–Kier alpha value is -0.970. The number of anilines is 1. The van der Waals surface area contributed by atoms with E-state index in [0.29, 0.717) is 22.3 Å². The van der Waals surface area contributed by atoms with Crippen LogP contribution in [0.25, 0.3) is 0 Å². The third-order valence-corrected chi connectivity index (χ3v) is 3.43. The van der Waals surface area contributed by atoms with Gasteiger partial charge in [-0.1, -0.05) is 23.2 Å². The first kappa shape index (κ1) is 12.5. The van der Waals surface area contributed by atoms with Crippen LogP contribution < -0.4 is 10.1 Å². The van der Waals surface area contributed by atoms with Crippen LogP contribution in [0.3, 0.4) is 0 Å². The highest BCUT2D eigenvalue weighted by Gasteiger charge is 2.08. The Morgan fingerprint density at radius 3 is 2.59 bits per heavy atom. The summed E-state index contributed by atoms with van der Waals surface area (Å²) in [6.07, 6.45) is 1.75. The number of aromatic nitrogens is 1. The van der Waals surface area contributed by atoms with Crippen LogP contribution in [-0.2, 0) is 6.54 Å². The number of ether oxygens (including phenoxy) is 1. The number of thiazole rings is 1. The van der Waals surface area contributed by atoms with Gasteiger partial charge in [0.05, 0.1) is 17.2 Å². The lowest BCUT2D eigenvalue weighted by Crippen LogP contribution is -1.99. The molecule has 0 amide bonds. The summed E-state index contributed by atoms with van der Waals surface area (Å²) in [6.45, 7) is 0.622. The van der Waals surface area contributed by atoms with Crippen LogP contribution in [0.15, 0.2) is 23.7 Å². The average molecular weight is 289 g/mol. The first-order valence-corrected chi connectivity index (χ1v) is 6.49. The molecule has 0 saturated heterocycles. The third kappa shape index (κ3) is 3.03. The summed E-state index contributed by atoms with van der Waals surface area (Å²) in [5, 5.41) is 6.98. The fourth-order valence-corrected chi connectivity index (χ4v) is 2.61. The second kappa shape index (κ2) is 5.58. The monoisotopic (exact) mass is 288 g/mol. The van der Waals surface area contributed by atoms with E-state index in [0.717, 1.165) is 10.7 Å². The first-order chi connectivity index (χ1) is 8.20. The van der Waals surface area contributed by atoms with Gasteiger partial charge in [-0.3, -0.25) is 0 Å². The van der Waals surface area contributed by atoms with E-state index in [4.69, 9.17) is 27.9 Å². The van der Waals surface area contributed by atoms with Gasteiger partial charge in [0.25, 0.3) is 0 Å². The molecule has 1 aromatic heterocycles. The van der Waals surface area contributed by atoms with E-state index in [2.05, 4.69) is 10.3 Å². The third-order valence-electron chi connectivity index (χ3n) is 2.14. The van der Waals surface area contributed by atoms with E-state index in [1.165, 1.54) is 0 Å². The standard InChI is InChI=1S/C11H10Cl2N2OS/c1-16-10-8(12)4-7(5-9(10)13)6-15-11-14-2-3-17-11/h2-5H,6H2,1H3,(H,14,15). The summed E-state index contributed by atoms with van der Waals surface area (Å²) >= 11 is 13.6. The van der Waals surface area contributed by atoms with Gasteiger partial charge in [0.15, 0.2) is 10.9 Å². The highest BCUT2D eigenvalue weighted by atomic mass is 35.5. The van der Waals surface area contributed by atoms with Crippen LogP contribution in [0.4, 0.5) is 5.13 Å². The molecule has 90 valence electrons. The maximum atomic E-state index is 6.05. The number of hydrogen-bond donors (Lipinski definition) is 1. The van der Waals surface area contributed by atoms with Crippen molar-refractivity contribution in [1.29, 1.82) is 0 Å². The van der Waals surface area contributed by atoms with Gasteiger partial charge < -0.3 is 10.1 Å². The molecule has 0 unspecified atom stereocenters. The normalized spacial score (nSPS) is 10.3. The topological polar surface area (TPSA) is 34.1 Å². The lowest BCUT2D eigenvalue weighted by atomic mass is 10.2. The minimum Gasteiger partial charge on any atom is -0.494 e. The quantitative estimate of drug-likeness (QED) is 0.921. The van der Waals surface area contributed by atoms with Gasteiger partial charge in [-0.15, -0.1) is 11.3 Å². The molecule has 0 fully saturated rings. The number of halogens is 2. The summed E-state index contributed by atoms with van der Waals surface area (Å²) in [5.41, 5.74) is 0.982. The van der Waals surface area contributed by atoms with E-state index in [-0.39, 0.29) is 0 Å². The molecule has 3 nitrogen and oxygen atoms in total. The Labute approximate surface area is 113 Å². The molecule has 2 rings (SSSR count). The van der Waals surface area contributed by atoms with Crippen molar-refractivity contribution < 1.29 is 4.74 Å². The Balaban J connectivity index is 2.12. The van der Waals surface area contributed by atoms with E-state index < -0.39 is 0 Å².